The van der Waals surface area contributed by atoms with E-state index in [4.69, 9.17) is 14.7 Å². The molecule has 2 aromatic carbocycles. The summed E-state index contributed by atoms with van der Waals surface area (Å²) in [5, 5.41) is 8.89. The summed E-state index contributed by atoms with van der Waals surface area (Å²) < 4.78 is 10.8. The summed E-state index contributed by atoms with van der Waals surface area (Å²) in [7, 11) is 1.60. The van der Waals surface area contributed by atoms with Gasteiger partial charge in [0.05, 0.1) is 30.7 Å². The van der Waals surface area contributed by atoms with Crippen LogP contribution >= 0.6 is 0 Å². The van der Waals surface area contributed by atoms with E-state index in [0.29, 0.717) is 12.1 Å². The summed E-state index contributed by atoms with van der Waals surface area (Å²) in [6.07, 6.45) is 1.99. The van der Waals surface area contributed by atoms with E-state index in [1.807, 2.05) is 24.3 Å². The SMILES string of the molecule is CCCCN1C(=O)C[C@H](C(=O)OCc2ccc(C#N)cc2)[C@@H]1c1ccc(OC)cc1. The lowest BCUT2D eigenvalue weighted by atomic mass is 9.93. The van der Waals surface area contributed by atoms with Crippen molar-refractivity contribution in [3.8, 4) is 11.8 Å². The predicted octanol–water partition coefficient (Wildman–Crippen LogP) is 4.00. The molecule has 0 N–H and O–H groups in total. The number of methoxy groups -OCH3 is 1. The van der Waals surface area contributed by atoms with Crippen LogP contribution in [0.5, 0.6) is 5.75 Å². The molecule has 1 aliphatic heterocycles. The zero-order valence-electron chi connectivity index (χ0n) is 17.3. The summed E-state index contributed by atoms with van der Waals surface area (Å²) in [6.45, 7) is 2.80. The smallest absolute Gasteiger partial charge is 0.312 e. The minimum atomic E-state index is -0.555. The average Bonchev–Trinajstić information content (AvgIpc) is 3.12. The molecular formula is C24H26N2O4. The summed E-state index contributed by atoms with van der Waals surface area (Å²) in [5.41, 5.74) is 2.26. The highest BCUT2D eigenvalue weighted by Gasteiger charge is 2.45. The molecule has 0 aromatic heterocycles. The fraction of sp³-hybridized carbons (Fsp3) is 0.375. The molecule has 0 saturated carbocycles. The van der Waals surface area contributed by atoms with Gasteiger partial charge in [-0.25, -0.2) is 0 Å². The van der Waals surface area contributed by atoms with Crippen molar-refractivity contribution < 1.29 is 19.1 Å². The van der Waals surface area contributed by atoms with Crippen molar-refractivity contribution >= 4 is 11.9 Å². The fourth-order valence-electron chi connectivity index (χ4n) is 3.74. The molecule has 1 saturated heterocycles. The number of benzene rings is 2. The molecular weight excluding hydrogens is 380 g/mol. The summed E-state index contributed by atoms with van der Waals surface area (Å²) in [5.74, 6) is -0.235. The van der Waals surface area contributed by atoms with E-state index in [2.05, 4.69) is 13.0 Å². The average molecular weight is 406 g/mol. The van der Waals surface area contributed by atoms with Gasteiger partial charge in [-0.2, -0.15) is 5.26 Å². The number of esters is 1. The van der Waals surface area contributed by atoms with Crippen LogP contribution in [0, 0.1) is 17.2 Å². The van der Waals surface area contributed by atoms with Gasteiger partial charge in [0.2, 0.25) is 5.91 Å². The van der Waals surface area contributed by atoms with E-state index >= 15 is 0 Å². The Labute approximate surface area is 177 Å². The monoisotopic (exact) mass is 406 g/mol. The van der Waals surface area contributed by atoms with Gasteiger partial charge in [0, 0.05) is 13.0 Å². The third-order valence-corrected chi connectivity index (χ3v) is 5.41. The Balaban J connectivity index is 1.77. The van der Waals surface area contributed by atoms with Crippen LogP contribution in [0.1, 0.15) is 48.9 Å². The number of rotatable bonds is 8. The number of carbonyl (C=O) groups is 2. The van der Waals surface area contributed by atoms with Crippen LogP contribution in [0.25, 0.3) is 0 Å². The summed E-state index contributed by atoms with van der Waals surface area (Å²) in [4.78, 5) is 27.4. The number of carbonyl (C=O) groups excluding carboxylic acids is 2. The molecule has 6 heteroatoms. The number of unbranched alkanes of at least 4 members (excludes halogenated alkanes) is 1. The molecule has 6 nitrogen and oxygen atoms in total. The van der Waals surface area contributed by atoms with Gasteiger partial charge in [-0.15, -0.1) is 0 Å². The minimum absolute atomic E-state index is 0.0235. The lowest BCUT2D eigenvalue weighted by molar-refractivity contribution is -0.151. The van der Waals surface area contributed by atoms with Crippen molar-refractivity contribution in [1.29, 1.82) is 5.26 Å². The Bertz CT molecular complexity index is 916. The molecule has 3 rings (SSSR count). The fourth-order valence-corrected chi connectivity index (χ4v) is 3.74. The van der Waals surface area contributed by atoms with Crippen molar-refractivity contribution in [2.45, 2.75) is 38.8 Å². The maximum Gasteiger partial charge on any atom is 0.312 e. The van der Waals surface area contributed by atoms with Gasteiger partial charge in [-0.05, 0) is 41.8 Å². The first-order valence-electron chi connectivity index (χ1n) is 10.2. The van der Waals surface area contributed by atoms with Crippen LogP contribution < -0.4 is 4.74 Å². The number of nitriles is 1. The number of nitrogens with zero attached hydrogens (tertiary/aromatic N) is 2. The lowest BCUT2D eigenvalue weighted by Gasteiger charge is -2.28. The largest absolute Gasteiger partial charge is 0.497 e. The molecule has 0 radical (unpaired) electrons. The molecule has 1 amide bonds. The molecule has 1 heterocycles. The number of amides is 1. The molecule has 1 fully saturated rings. The second kappa shape index (κ2) is 9.93. The quantitative estimate of drug-likeness (QED) is 0.619. The van der Waals surface area contributed by atoms with Crippen LogP contribution in [0.4, 0.5) is 0 Å². The minimum Gasteiger partial charge on any atom is -0.497 e. The van der Waals surface area contributed by atoms with Crippen molar-refractivity contribution in [3.63, 3.8) is 0 Å². The highest BCUT2D eigenvalue weighted by atomic mass is 16.5. The Kier molecular flexibility index (Phi) is 7.08. The van der Waals surface area contributed by atoms with Gasteiger partial charge in [-0.3, -0.25) is 9.59 Å². The zero-order valence-corrected chi connectivity index (χ0v) is 17.3. The third kappa shape index (κ3) is 4.80. The Morgan fingerprint density at radius 1 is 1.17 bits per heavy atom. The van der Waals surface area contributed by atoms with E-state index in [1.54, 1.807) is 36.3 Å². The molecule has 0 bridgehead atoms. The molecule has 0 unspecified atom stereocenters. The first-order chi connectivity index (χ1) is 14.6. The highest BCUT2D eigenvalue weighted by molar-refractivity contribution is 5.88. The van der Waals surface area contributed by atoms with Crippen LogP contribution in [-0.2, 0) is 20.9 Å². The molecule has 30 heavy (non-hydrogen) atoms. The summed E-state index contributed by atoms with van der Waals surface area (Å²) >= 11 is 0. The van der Waals surface area contributed by atoms with E-state index in [9.17, 15) is 9.59 Å². The van der Waals surface area contributed by atoms with Crippen molar-refractivity contribution in [3.05, 3.63) is 65.2 Å². The molecule has 2 atom stereocenters. The van der Waals surface area contributed by atoms with Crippen molar-refractivity contribution in [2.75, 3.05) is 13.7 Å². The highest BCUT2D eigenvalue weighted by Crippen LogP contribution is 2.39. The van der Waals surface area contributed by atoms with Gasteiger partial charge in [-0.1, -0.05) is 37.6 Å². The topological polar surface area (TPSA) is 79.6 Å². The predicted molar refractivity (Wildman–Crippen MR) is 111 cm³/mol. The summed E-state index contributed by atoms with van der Waals surface area (Å²) in [6, 6.07) is 16.1. The van der Waals surface area contributed by atoms with Crippen molar-refractivity contribution in [2.24, 2.45) is 5.92 Å². The van der Waals surface area contributed by atoms with Gasteiger partial charge in [0.1, 0.15) is 12.4 Å². The third-order valence-electron chi connectivity index (χ3n) is 5.41. The number of hydrogen-bond donors (Lipinski definition) is 0. The first-order valence-corrected chi connectivity index (χ1v) is 10.2. The van der Waals surface area contributed by atoms with E-state index in [1.165, 1.54) is 0 Å². The van der Waals surface area contributed by atoms with Crippen LogP contribution in [0.15, 0.2) is 48.5 Å². The second-order valence-electron chi connectivity index (χ2n) is 7.39. The molecule has 2 aromatic rings. The Morgan fingerprint density at radius 3 is 2.47 bits per heavy atom. The maximum atomic E-state index is 12.9. The van der Waals surface area contributed by atoms with Gasteiger partial charge in [0.25, 0.3) is 0 Å². The number of ether oxygens (including phenoxy) is 2. The molecule has 1 aliphatic rings. The number of likely N-dealkylation sites (tertiary alicyclic amines) is 1. The normalized spacial score (nSPS) is 18.2. The van der Waals surface area contributed by atoms with Gasteiger partial charge in [0.15, 0.2) is 0 Å². The lowest BCUT2D eigenvalue weighted by Crippen LogP contribution is -2.32. The van der Waals surface area contributed by atoms with E-state index < -0.39 is 5.92 Å². The Morgan fingerprint density at radius 2 is 1.87 bits per heavy atom. The molecule has 156 valence electrons. The number of hydrogen-bond acceptors (Lipinski definition) is 5. The zero-order chi connectivity index (χ0) is 21.5. The van der Waals surface area contributed by atoms with Crippen molar-refractivity contribution in [1.82, 2.24) is 4.90 Å². The second-order valence-corrected chi connectivity index (χ2v) is 7.39. The van der Waals surface area contributed by atoms with Crippen LogP contribution in [-0.4, -0.2) is 30.4 Å². The van der Waals surface area contributed by atoms with E-state index in [-0.39, 0.29) is 30.9 Å². The van der Waals surface area contributed by atoms with Gasteiger partial charge < -0.3 is 14.4 Å². The van der Waals surface area contributed by atoms with Crippen LogP contribution in [0.3, 0.4) is 0 Å². The van der Waals surface area contributed by atoms with Crippen LogP contribution in [0.2, 0.25) is 0 Å². The molecule has 0 spiro atoms. The molecule has 0 aliphatic carbocycles. The standard InChI is InChI=1S/C24H26N2O4/c1-3-4-13-26-22(27)14-21(23(26)19-9-11-20(29-2)12-10-19)24(28)30-16-18-7-5-17(15-25)6-8-18/h5-12,21,23H,3-4,13-14,16H2,1-2H3/t21-,23-/m0/s1. The first kappa shape index (κ1) is 21.4. The Hall–Kier alpha value is -3.33. The van der Waals surface area contributed by atoms with E-state index in [0.717, 1.165) is 29.7 Å². The van der Waals surface area contributed by atoms with Gasteiger partial charge >= 0.3 is 5.97 Å². The maximum absolute atomic E-state index is 12.9.